The summed E-state index contributed by atoms with van der Waals surface area (Å²) in [6, 6.07) is 9.57. The maximum atomic E-state index is 5.86. The second kappa shape index (κ2) is 6.68. The van der Waals surface area contributed by atoms with Crippen molar-refractivity contribution in [2.45, 2.75) is 18.9 Å². The van der Waals surface area contributed by atoms with Crippen LogP contribution in [0.25, 0.3) is 0 Å². The summed E-state index contributed by atoms with van der Waals surface area (Å²) in [5.74, 6) is 0.818. The van der Waals surface area contributed by atoms with Crippen molar-refractivity contribution in [2.24, 2.45) is 0 Å². The first kappa shape index (κ1) is 11.3. The second-order valence-electron chi connectivity index (χ2n) is 2.90. The minimum Gasteiger partial charge on any atom is -0.490 e. The molecule has 0 saturated heterocycles. The summed E-state index contributed by atoms with van der Waals surface area (Å²) in [5.41, 5.74) is -0.366. The van der Waals surface area contributed by atoms with Crippen LogP contribution in [0.4, 0.5) is 0 Å². The van der Waals surface area contributed by atoms with Crippen molar-refractivity contribution in [3.63, 3.8) is 0 Å². The fourth-order valence-corrected chi connectivity index (χ4v) is 1.12. The van der Waals surface area contributed by atoms with E-state index in [2.05, 4.69) is 0 Å². The number of ether oxygens (including phenoxy) is 2. The largest absolute Gasteiger partial charge is 0.490 e. The molecule has 0 spiro atoms. The molecule has 1 atom stereocenters. The molecule has 0 amide bonds. The topological polar surface area (TPSA) is 18.5 Å². The predicted octanol–water partition coefficient (Wildman–Crippen LogP) is 3.06. The lowest BCUT2D eigenvalue weighted by atomic mass is 10.3. The van der Waals surface area contributed by atoms with Crippen molar-refractivity contribution in [3.05, 3.63) is 30.3 Å². The lowest BCUT2D eigenvalue weighted by Gasteiger charge is -2.11. The molecule has 0 N–H and O–H groups in total. The van der Waals surface area contributed by atoms with E-state index in [0.717, 1.165) is 12.2 Å². The molecule has 1 aromatic rings. The van der Waals surface area contributed by atoms with Crippen LogP contribution in [-0.2, 0) is 4.74 Å². The molecule has 0 aliphatic rings. The van der Waals surface area contributed by atoms with Gasteiger partial charge in [0.1, 0.15) is 12.4 Å². The fraction of sp³-hybridized carbons (Fsp3) is 0.455. The number of halogens is 1. The van der Waals surface area contributed by atoms with Crippen LogP contribution in [0.1, 0.15) is 13.3 Å². The van der Waals surface area contributed by atoms with Crippen LogP contribution in [0.15, 0.2) is 30.3 Å². The summed E-state index contributed by atoms with van der Waals surface area (Å²) in [6.45, 7) is 3.10. The van der Waals surface area contributed by atoms with E-state index < -0.39 is 0 Å². The molecular formula is C11H15ClO2. The van der Waals surface area contributed by atoms with Crippen LogP contribution in [-0.4, -0.2) is 18.8 Å². The SMILES string of the molecule is CCCOC(Cl)COc1ccccc1. The van der Waals surface area contributed by atoms with E-state index in [-0.39, 0.29) is 5.56 Å². The van der Waals surface area contributed by atoms with Gasteiger partial charge in [-0.05, 0) is 18.6 Å². The fourth-order valence-electron chi connectivity index (χ4n) is 0.972. The Kier molecular flexibility index (Phi) is 5.42. The summed E-state index contributed by atoms with van der Waals surface area (Å²) in [4.78, 5) is 0. The molecule has 78 valence electrons. The Bertz CT molecular complexity index is 238. The first-order valence-corrected chi connectivity index (χ1v) is 5.20. The van der Waals surface area contributed by atoms with Crippen LogP contribution in [0.3, 0.4) is 0 Å². The van der Waals surface area contributed by atoms with E-state index in [1.54, 1.807) is 0 Å². The first-order chi connectivity index (χ1) is 6.83. The normalized spacial score (nSPS) is 12.4. The van der Waals surface area contributed by atoms with Gasteiger partial charge in [-0.3, -0.25) is 0 Å². The zero-order chi connectivity index (χ0) is 10.2. The quantitative estimate of drug-likeness (QED) is 0.678. The van der Waals surface area contributed by atoms with E-state index in [1.165, 1.54) is 0 Å². The smallest absolute Gasteiger partial charge is 0.164 e. The standard InChI is InChI=1S/C11H15ClO2/c1-2-8-13-11(12)9-14-10-6-4-3-5-7-10/h3-7,11H,2,8-9H2,1H3. The van der Waals surface area contributed by atoms with Crippen molar-refractivity contribution in [3.8, 4) is 5.75 Å². The summed E-state index contributed by atoms with van der Waals surface area (Å²) >= 11 is 5.86. The van der Waals surface area contributed by atoms with Crippen LogP contribution in [0.5, 0.6) is 5.75 Å². The van der Waals surface area contributed by atoms with Crippen molar-refractivity contribution in [1.82, 2.24) is 0 Å². The van der Waals surface area contributed by atoms with Crippen molar-refractivity contribution in [2.75, 3.05) is 13.2 Å². The molecule has 0 aliphatic heterocycles. The number of hydrogen-bond acceptors (Lipinski definition) is 2. The Morgan fingerprint density at radius 1 is 1.29 bits per heavy atom. The molecule has 1 rings (SSSR count). The van der Waals surface area contributed by atoms with Gasteiger partial charge in [-0.1, -0.05) is 36.7 Å². The van der Waals surface area contributed by atoms with E-state index in [4.69, 9.17) is 21.1 Å². The van der Waals surface area contributed by atoms with Crippen LogP contribution < -0.4 is 4.74 Å². The average molecular weight is 215 g/mol. The first-order valence-electron chi connectivity index (χ1n) is 4.76. The molecule has 0 fully saturated rings. The average Bonchev–Trinajstić information content (AvgIpc) is 2.25. The minimum absolute atomic E-state index is 0.366. The molecule has 14 heavy (non-hydrogen) atoms. The zero-order valence-corrected chi connectivity index (χ0v) is 9.04. The molecule has 0 aromatic heterocycles. The van der Waals surface area contributed by atoms with Gasteiger partial charge in [-0.25, -0.2) is 0 Å². The number of para-hydroxylation sites is 1. The van der Waals surface area contributed by atoms with Gasteiger partial charge in [-0.15, -0.1) is 0 Å². The Balaban J connectivity index is 2.20. The maximum Gasteiger partial charge on any atom is 0.164 e. The minimum atomic E-state index is -0.366. The van der Waals surface area contributed by atoms with Crippen molar-refractivity contribution >= 4 is 11.6 Å². The van der Waals surface area contributed by atoms with Gasteiger partial charge in [0, 0.05) is 6.61 Å². The van der Waals surface area contributed by atoms with Gasteiger partial charge in [0.05, 0.1) is 0 Å². The molecule has 2 nitrogen and oxygen atoms in total. The summed E-state index contributed by atoms with van der Waals surface area (Å²) in [6.07, 6.45) is 0.967. The van der Waals surface area contributed by atoms with Gasteiger partial charge in [0.25, 0.3) is 0 Å². The van der Waals surface area contributed by atoms with Gasteiger partial charge in [0.15, 0.2) is 5.56 Å². The highest BCUT2D eigenvalue weighted by Gasteiger charge is 2.04. The van der Waals surface area contributed by atoms with E-state index in [0.29, 0.717) is 13.2 Å². The number of benzene rings is 1. The molecular weight excluding hydrogens is 200 g/mol. The summed E-state index contributed by atoms with van der Waals surface area (Å²) in [5, 5.41) is 0. The Morgan fingerprint density at radius 3 is 2.64 bits per heavy atom. The highest BCUT2D eigenvalue weighted by molar-refractivity contribution is 6.19. The maximum absolute atomic E-state index is 5.86. The number of alkyl halides is 1. The van der Waals surface area contributed by atoms with Crippen molar-refractivity contribution < 1.29 is 9.47 Å². The monoisotopic (exact) mass is 214 g/mol. The van der Waals surface area contributed by atoms with Crippen LogP contribution >= 0.6 is 11.6 Å². The molecule has 0 bridgehead atoms. The summed E-state index contributed by atoms with van der Waals surface area (Å²) in [7, 11) is 0. The third-order valence-corrected chi connectivity index (χ3v) is 1.88. The highest BCUT2D eigenvalue weighted by atomic mass is 35.5. The van der Waals surface area contributed by atoms with Gasteiger partial charge < -0.3 is 9.47 Å². The third-order valence-electron chi connectivity index (χ3n) is 1.63. The Hall–Kier alpha value is -0.730. The molecule has 1 unspecified atom stereocenters. The van der Waals surface area contributed by atoms with Crippen LogP contribution in [0, 0.1) is 0 Å². The zero-order valence-electron chi connectivity index (χ0n) is 8.28. The molecule has 0 heterocycles. The van der Waals surface area contributed by atoms with Crippen molar-refractivity contribution in [1.29, 1.82) is 0 Å². The molecule has 3 heteroatoms. The van der Waals surface area contributed by atoms with E-state index >= 15 is 0 Å². The van der Waals surface area contributed by atoms with Crippen LogP contribution in [0.2, 0.25) is 0 Å². The predicted molar refractivity (Wildman–Crippen MR) is 57.8 cm³/mol. The molecule has 0 saturated carbocycles. The summed E-state index contributed by atoms with van der Waals surface area (Å²) < 4.78 is 10.7. The number of rotatable bonds is 6. The lowest BCUT2D eigenvalue weighted by Crippen LogP contribution is -2.15. The lowest BCUT2D eigenvalue weighted by molar-refractivity contribution is 0.0720. The van der Waals surface area contributed by atoms with Gasteiger partial charge in [-0.2, -0.15) is 0 Å². The molecule has 1 aromatic carbocycles. The second-order valence-corrected chi connectivity index (χ2v) is 3.39. The van der Waals surface area contributed by atoms with E-state index in [9.17, 15) is 0 Å². The Morgan fingerprint density at radius 2 is 2.00 bits per heavy atom. The highest BCUT2D eigenvalue weighted by Crippen LogP contribution is 2.10. The molecule has 0 aliphatic carbocycles. The van der Waals surface area contributed by atoms with E-state index in [1.807, 2.05) is 37.3 Å². The Labute approximate surface area is 89.8 Å². The number of hydrogen-bond donors (Lipinski definition) is 0. The van der Waals surface area contributed by atoms with Gasteiger partial charge >= 0.3 is 0 Å². The third kappa shape index (κ3) is 4.49. The molecule has 0 radical (unpaired) electrons. The van der Waals surface area contributed by atoms with Gasteiger partial charge in [0.2, 0.25) is 0 Å².